The number of carbonyl (C=O) groups excluding carboxylic acids is 1. The van der Waals surface area contributed by atoms with E-state index in [4.69, 9.17) is 21.2 Å². The zero-order chi connectivity index (χ0) is 27.1. The van der Waals surface area contributed by atoms with Gasteiger partial charge < -0.3 is 9.57 Å². The molecule has 1 aliphatic carbocycles. The maximum atomic E-state index is 12.5. The van der Waals surface area contributed by atoms with Crippen molar-refractivity contribution in [2.24, 2.45) is 0 Å². The van der Waals surface area contributed by atoms with Crippen LogP contribution in [-0.2, 0) is 22.7 Å². The third-order valence-electron chi connectivity index (χ3n) is 7.21. The van der Waals surface area contributed by atoms with E-state index in [1.165, 1.54) is 21.9 Å². The van der Waals surface area contributed by atoms with Crippen molar-refractivity contribution in [1.29, 1.82) is 0 Å². The number of rotatable bonds is 3. The lowest BCUT2D eigenvalue weighted by Crippen LogP contribution is -2.31. The first-order valence-corrected chi connectivity index (χ1v) is 13.7. The molecule has 0 spiro atoms. The van der Waals surface area contributed by atoms with E-state index in [1.54, 1.807) is 25.8 Å². The summed E-state index contributed by atoms with van der Waals surface area (Å²) in [7, 11) is 0. The zero-order valence-electron chi connectivity index (χ0n) is 22.4. The highest BCUT2D eigenvalue weighted by atomic mass is 35.5. The van der Waals surface area contributed by atoms with Gasteiger partial charge in [0.05, 0.1) is 18.8 Å². The number of allylic oxidation sites excluding steroid dienone is 2. The number of ether oxygens (including phenoxy) is 1. The molecular formula is C31H31ClN4O3. The van der Waals surface area contributed by atoms with Crippen molar-refractivity contribution >= 4 is 34.1 Å². The summed E-state index contributed by atoms with van der Waals surface area (Å²) in [6.45, 7) is 6.05. The first-order chi connectivity index (χ1) is 18.7. The smallest absolute Gasteiger partial charge is 0.427 e. The Kier molecular flexibility index (Phi) is 6.65. The van der Waals surface area contributed by atoms with Crippen molar-refractivity contribution < 1.29 is 14.4 Å². The zero-order valence-corrected chi connectivity index (χ0v) is 23.1. The van der Waals surface area contributed by atoms with Crippen molar-refractivity contribution in [1.82, 2.24) is 19.8 Å². The number of aromatic nitrogens is 3. The fraction of sp³-hybridized carbons (Fsp3) is 0.323. The Morgan fingerprint density at radius 2 is 1.85 bits per heavy atom. The van der Waals surface area contributed by atoms with Crippen LogP contribution in [0.15, 0.2) is 66.7 Å². The lowest BCUT2D eigenvalue weighted by Gasteiger charge is -2.23. The van der Waals surface area contributed by atoms with Crippen LogP contribution in [0.5, 0.6) is 0 Å². The molecule has 0 saturated carbocycles. The van der Waals surface area contributed by atoms with Crippen molar-refractivity contribution in [2.45, 2.75) is 64.6 Å². The molecule has 1 atom stereocenters. The number of nitrogens with zero attached hydrogens (tertiary/aromatic N) is 4. The number of benzene rings is 3. The number of hydrogen-bond donors (Lipinski definition) is 0. The van der Waals surface area contributed by atoms with E-state index in [0.717, 1.165) is 36.3 Å². The van der Waals surface area contributed by atoms with Crippen LogP contribution in [0.4, 0.5) is 4.79 Å². The van der Waals surface area contributed by atoms with Crippen LogP contribution in [0.25, 0.3) is 22.0 Å². The molecule has 0 fully saturated rings. The predicted octanol–water partition coefficient (Wildman–Crippen LogP) is 7.61. The minimum Gasteiger partial charge on any atom is -0.427 e. The first kappa shape index (κ1) is 25.6. The molecule has 39 heavy (non-hydrogen) atoms. The second-order valence-electron chi connectivity index (χ2n) is 11.2. The summed E-state index contributed by atoms with van der Waals surface area (Å²) in [6, 6.07) is 20.8. The molecule has 3 aromatic carbocycles. The quantitative estimate of drug-likeness (QED) is 0.248. The van der Waals surface area contributed by atoms with Gasteiger partial charge in [0.25, 0.3) is 0 Å². The van der Waals surface area contributed by atoms with E-state index < -0.39 is 11.8 Å². The van der Waals surface area contributed by atoms with Gasteiger partial charge >= 0.3 is 6.16 Å². The Bertz CT molecular complexity index is 1580. The second-order valence-corrected chi connectivity index (χ2v) is 11.6. The molecule has 0 radical (unpaired) electrons. The lowest BCUT2D eigenvalue weighted by molar-refractivity contribution is -0.155. The fourth-order valence-corrected chi connectivity index (χ4v) is 5.71. The van der Waals surface area contributed by atoms with Crippen LogP contribution < -0.4 is 0 Å². The first-order valence-electron chi connectivity index (χ1n) is 13.3. The Labute approximate surface area is 233 Å². The molecule has 200 valence electrons. The number of hydrogen-bond acceptors (Lipinski definition) is 6. The molecule has 7 nitrogen and oxygen atoms in total. The van der Waals surface area contributed by atoms with Crippen molar-refractivity contribution in [2.75, 3.05) is 0 Å². The fourth-order valence-electron chi connectivity index (χ4n) is 5.52. The summed E-state index contributed by atoms with van der Waals surface area (Å²) in [5.74, 6) is 1.84. The molecular weight excluding hydrogens is 512 g/mol. The average molecular weight is 543 g/mol. The third-order valence-corrected chi connectivity index (χ3v) is 7.44. The van der Waals surface area contributed by atoms with E-state index in [1.807, 2.05) is 18.2 Å². The Hall–Kier alpha value is -3.68. The molecule has 0 bridgehead atoms. The van der Waals surface area contributed by atoms with Crippen LogP contribution >= 0.6 is 11.6 Å². The van der Waals surface area contributed by atoms with Gasteiger partial charge in [-0.3, -0.25) is 4.57 Å². The van der Waals surface area contributed by atoms with Crippen LogP contribution in [0, 0.1) is 0 Å². The molecule has 1 unspecified atom stereocenters. The number of fused-ring (bicyclic) bond motifs is 4. The second kappa shape index (κ2) is 10.1. The molecule has 2 heterocycles. The normalized spacial score (nSPS) is 17.6. The number of hydroxylamine groups is 2. The summed E-state index contributed by atoms with van der Waals surface area (Å²) in [4.78, 5) is 18.0. The monoisotopic (exact) mass is 542 g/mol. The molecule has 0 N–H and O–H groups in total. The van der Waals surface area contributed by atoms with E-state index in [0.29, 0.717) is 17.4 Å². The van der Waals surface area contributed by atoms with Crippen molar-refractivity contribution in [3.05, 3.63) is 94.5 Å². The minimum absolute atomic E-state index is 0.215. The van der Waals surface area contributed by atoms with E-state index in [9.17, 15) is 4.79 Å². The topological polar surface area (TPSA) is 69.5 Å². The van der Waals surface area contributed by atoms with E-state index in [2.05, 4.69) is 63.3 Å². The maximum Gasteiger partial charge on any atom is 0.528 e. The molecule has 4 aromatic rings. The van der Waals surface area contributed by atoms with Crippen molar-refractivity contribution in [3.8, 4) is 5.69 Å². The third kappa shape index (κ3) is 5.29. The summed E-state index contributed by atoms with van der Waals surface area (Å²) in [6.07, 6.45) is 4.40. The minimum atomic E-state index is -0.752. The van der Waals surface area contributed by atoms with Crippen LogP contribution in [0.2, 0.25) is 5.02 Å². The van der Waals surface area contributed by atoms with Gasteiger partial charge in [0.2, 0.25) is 0 Å². The highest BCUT2D eigenvalue weighted by Crippen LogP contribution is 2.39. The van der Waals surface area contributed by atoms with E-state index >= 15 is 0 Å². The lowest BCUT2D eigenvalue weighted by atomic mass is 9.84. The molecule has 0 amide bonds. The Balaban J connectivity index is 1.30. The van der Waals surface area contributed by atoms with Gasteiger partial charge in [-0.25, -0.2) is 4.79 Å². The highest BCUT2D eigenvalue weighted by Gasteiger charge is 2.31. The Morgan fingerprint density at radius 3 is 2.64 bits per heavy atom. The van der Waals surface area contributed by atoms with Gasteiger partial charge in [0, 0.05) is 10.9 Å². The molecule has 1 aromatic heterocycles. The van der Waals surface area contributed by atoms with Crippen LogP contribution in [-0.4, -0.2) is 31.6 Å². The van der Waals surface area contributed by atoms with Gasteiger partial charge in [-0.05, 0) is 85.7 Å². The van der Waals surface area contributed by atoms with Gasteiger partial charge in [0.15, 0.2) is 5.82 Å². The highest BCUT2D eigenvalue weighted by molar-refractivity contribution is 6.30. The molecule has 6 rings (SSSR count). The summed E-state index contributed by atoms with van der Waals surface area (Å²) in [5.41, 5.74) is 3.91. The predicted molar refractivity (Wildman–Crippen MR) is 151 cm³/mol. The van der Waals surface area contributed by atoms with Gasteiger partial charge in [-0.2, -0.15) is 0 Å². The summed E-state index contributed by atoms with van der Waals surface area (Å²) >= 11 is 6.38. The van der Waals surface area contributed by atoms with Crippen LogP contribution in [0.3, 0.4) is 0 Å². The largest absolute Gasteiger partial charge is 0.528 e. The van der Waals surface area contributed by atoms with Crippen LogP contribution in [0.1, 0.15) is 68.7 Å². The number of carbonyl (C=O) groups is 1. The number of halogens is 1. The maximum absolute atomic E-state index is 12.5. The van der Waals surface area contributed by atoms with Gasteiger partial charge in [-0.1, -0.05) is 60.1 Å². The van der Waals surface area contributed by atoms with E-state index in [-0.39, 0.29) is 12.5 Å². The Morgan fingerprint density at radius 1 is 1.03 bits per heavy atom. The SMILES string of the molecule is CC(C)(C)OC(=O)ON1Cc2cc(Cl)ccc2-n2c(nnc2C2CC=C(c3cccc4ccccc34)CC2)C1. The summed E-state index contributed by atoms with van der Waals surface area (Å²) < 4.78 is 7.49. The average Bonchev–Trinajstić information content (AvgIpc) is 3.24. The standard InChI is InChI=1S/C31H31ClN4O3/c1-31(2,3)38-30(37)39-35-18-23-17-24(32)15-16-27(23)36-28(19-35)33-34-29(36)22-13-11-21(12-14-22)26-10-6-8-20-7-4-5-9-25(20)26/h4-11,15-17,22H,12-14,18-19H2,1-3H3. The molecule has 0 saturated heterocycles. The van der Waals surface area contributed by atoms with Crippen molar-refractivity contribution in [3.63, 3.8) is 0 Å². The van der Waals surface area contributed by atoms with Gasteiger partial charge in [-0.15, -0.1) is 15.3 Å². The molecule has 1 aliphatic heterocycles. The summed E-state index contributed by atoms with van der Waals surface area (Å²) in [5, 5.41) is 13.9. The van der Waals surface area contributed by atoms with Gasteiger partial charge in [0.1, 0.15) is 11.4 Å². The molecule has 8 heteroatoms. The molecule has 2 aliphatic rings.